The molecule has 5 nitrogen and oxygen atoms in total. The van der Waals surface area contributed by atoms with E-state index < -0.39 is 0 Å². The predicted molar refractivity (Wildman–Crippen MR) is 118 cm³/mol. The zero-order valence-electron chi connectivity index (χ0n) is 16.7. The molecule has 2 amide bonds. The maximum atomic E-state index is 13.2. The number of hydrogen-bond acceptors (Lipinski definition) is 3. The summed E-state index contributed by atoms with van der Waals surface area (Å²) in [6.45, 7) is 4.04. The normalized spacial score (nSPS) is 15.7. The van der Waals surface area contributed by atoms with Crippen LogP contribution in [0.3, 0.4) is 0 Å². The molecule has 4 rings (SSSR count). The molecule has 29 heavy (non-hydrogen) atoms. The Balaban J connectivity index is 1.61. The van der Waals surface area contributed by atoms with Crippen molar-refractivity contribution >= 4 is 23.5 Å². The Morgan fingerprint density at radius 3 is 2.55 bits per heavy atom. The molecule has 0 radical (unpaired) electrons. The summed E-state index contributed by atoms with van der Waals surface area (Å²) in [5, 5.41) is 3.06. The molecule has 1 atom stereocenters. The Labute approximate surface area is 175 Å². The topological polar surface area (TPSA) is 46.5 Å². The molecule has 150 valence electrons. The first-order chi connectivity index (χ1) is 14.2. The summed E-state index contributed by atoms with van der Waals surface area (Å²) in [6.07, 6.45) is 4.12. The summed E-state index contributed by atoms with van der Waals surface area (Å²) in [6, 6.07) is 19.9. The quantitative estimate of drug-likeness (QED) is 0.588. The zero-order chi connectivity index (χ0) is 20.2. The second-order valence-corrected chi connectivity index (χ2v) is 7.76. The molecule has 0 fully saturated rings. The Morgan fingerprint density at radius 1 is 1.10 bits per heavy atom. The van der Waals surface area contributed by atoms with E-state index in [1.807, 2.05) is 72.7 Å². The number of carbonyl (C=O) groups excluding carboxylic acids is 1. The van der Waals surface area contributed by atoms with Gasteiger partial charge < -0.3 is 19.5 Å². The minimum absolute atomic E-state index is 0.0896. The number of thioether (sulfide) groups is 1. The van der Waals surface area contributed by atoms with Crippen molar-refractivity contribution in [2.24, 2.45) is 0 Å². The lowest BCUT2D eigenvalue weighted by atomic mass is 10.00. The molecule has 1 aliphatic rings. The van der Waals surface area contributed by atoms with Crippen LogP contribution in [0.5, 0.6) is 5.75 Å². The number of nitrogens with one attached hydrogen (secondary N) is 1. The average molecular weight is 408 g/mol. The average Bonchev–Trinajstić information content (AvgIpc) is 3.23. The number of ether oxygens (including phenoxy) is 1. The van der Waals surface area contributed by atoms with Gasteiger partial charge in [0.1, 0.15) is 5.75 Å². The second kappa shape index (κ2) is 8.66. The van der Waals surface area contributed by atoms with Gasteiger partial charge in [0.05, 0.1) is 12.6 Å². The number of aromatic nitrogens is 1. The third-order valence-corrected chi connectivity index (χ3v) is 5.89. The molecule has 1 N–H and O–H groups in total. The minimum atomic E-state index is -0.139. The third-order valence-electron chi connectivity index (χ3n) is 5.15. The summed E-state index contributed by atoms with van der Waals surface area (Å²) in [5.74, 6) is 0.840. The predicted octanol–water partition coefficient (Wildman–Crippen LogP) is 5.25. The van der Waals surface area contributed by atoms with E-state index in [1.54, 1.807) is 11.8 Å². The number of anilines is 1. The van der Waals surface area contributed by atoms with Crippen molar-refractivity contribution in [1.29, 1.82) is 0 Å². The third kappa shape index (κ3) is 4.12. The highest BCUT2D eigenvalue weighted by molar-refractivity contribution is 7.98. The number of rotatable bonds is 5. The number of amides is 2. The van der Waals surface area contributed by atoms with Crippen molar-refractivity contribution < 1.29 is 9.53 Å². The van der Waals surface area contributed by atoms with Gasteiger partial charge in [0.25, 0.3) is 0 Å². The van der Waals surface area contributed by atoms with E-state index in [-0.39, 0.29) is 12.1 Å². The molecule has 0 spiro atoms. The van der Waals surface area contributed by atoms with E-state index in [9.17, 15) is 4.79 Å². The molecule has 0 unspecified atom stereocenters. The number of fused-ring (bicyclic) bond motifs is 1. The van der Waals surface area contributed by atoms with Crippen molar-refractivity contribution in [3.05, 3.63) is 78.1 Å². The van der Waals surface area contributed by atoms with Crippen molar-refractivity contribution in [2.45, 2.75) is 24.4 Å². The summed E-state index contributed by atoms with van der Waals surface area (Å²) in [5.41, 5.74) is 2.99. The minimum Gasteiger partial charge on any atom is -0.494 e. The van der Waals surface area contributed by atoms with E-state index in [0.29, 0.717) is 13.2 Å². The number of benzene rings is 2. The molecule has 0 saturated carbocycles. The Kier molecular flexibility index (Phi) is 5.81. The van der Waals surface area contributed by atoms with Crippen LogP contribution in [-0.2, 0) is 6.54 Å². The van der Waals surface area contributed by atoms with Gasteiger partial charge >= 0.3 is 6.03 Å². The van der Waals surface area contributed by atoms with Crippen LogP contribution in [0, 0.1) is 0 Å². The van der Waals surface area contributed by atoms with Gasteiger partial charge in [0.15, 0.2) is 0 Å². The first-order valence-electron chi connectivity index (χ1n) is 9.79. The summed E-state index contributed by atoms with van der Waals surface area (Å²) in [4.78, 5) is 16.3. The van der Waals surface area contributed by atoms with Crippen molar-refractivity contribution in [3.63, 3.8) is 0 Å². The van der Waals surface area contributed by atoms with Crippen LogP contribution in [-0.4, -0.2) is 34.9 Å². The fourth-order valence-electron chi connectivity index (χ4n) is 3.74. The smallest absolute Gasteiger partial charge is 0.322 e. The van der Waals surface area contributed by atoms with Crippen LogP contribution >= 0.6 is 11.8 Å². The van der Waals surface area contributed by atoms with Gasteiger partial charge in [-0.3, -0.25) is 0 Å². The van der Waals surface area contributed by atoms with Gasteiger partial charge in [-0.2, -0.15) is 0 Å². The highest BCUT2D eigenvalue weighted by atomic mass is 32.2. The summed E-state index contributed by atoms with van der Waals surface area (Å²) < 4.78 is 7.80. The molecule has 1 aromatic heterocycles. The zero-order valence-corrected chi connectivity index (χ0v) is 17.5. The van der Waals surface area contributed by atoms with Gasteiger partial charge in [0, 0.05) is 35.6 Å². The van der Waals surface area contributed by atoms with E-state index in [2.05, 4.69) is 22.1 Å². The van der Waals surface area contributed by atoms with Crippen molar-refractivity contribution in [2.75, 3.05) is 24.7 Å². The Morgan fingerprint density at radius 2 is 1.86 bits per heavy atom. The lowest BCUT2D eigenvalue weighted by molar-refractivity contribution is 0.182. The molecule has 2 aromatic carbocycles. The molecular formula is C23H25N3O2S. The summed E-state index contributed by atoms with van der Waals surface area (Å²) in [7, 11) is 0. The number of urea groups is 1. The Bertz CT molecular complexity index is 967. The standard InChI is InChI=1S/C23H25N3O2S/c1-3-28-19-10-6-17(7-11-19)22-21-5-4-14-25(21)15-16-26(22)23(27)24-18-8-12-20(29-2)13-9-18/h4-14,22H,3,15-16H2,1-2H3,(H,24,27)/t22-/m1/s1. The number of carbonyl (C=O) groups is 1. The molecule has 0 bridgehead atoms. The molecular weight excluding hydrogens is 382 g/mol. The molecule has 2 heterocycles. The van der Waals surface area contributed by atoms with E-state index in [1.165, 1.54) is 4.90 Å². The fraction of sp³-hybridized carbons (Fsp3) is 0.261. The first-order valence-corrected chi connectivity index (χ1v) is 11.0. The molecule has 6 heteroatoms. The molecule has 1 aliphatic heterocycles. The highest BCUT2D eigenvalue weighted by Gasteiger charge is 2.32. The van der Waals surface area contributed by atoms with Crippen LogP contribution in [0.4, 0.5) is 10.5 Å². The van der Waals surface area contributed by atoms with Crippen LogP contribution < -0.4 is 10.1 Å². The highest BCUT2D eigenvalue weighted by Crippen LogP contribution is 2.33. The van der Waals surface area contributed by atoms with Crippen LogP contribution in [0.2, 0.25) is 0 Å². The summed E-state index contributed by atoms with van der Waals surface area (Å²) >= 11 is 1.68. The van der Waals surface area contributed by atoms with Gasteiger partial charge in [-0.05, 0) is 67.3 Å². The fourth-order valence-corrected chi connectivity index (χ4v) is 4.14. The van der Waals surface area contributed by atoms with E-state index in [4.69, 9.17) is 4.74 Å². The van der Waals surface area contributed by atoms with Gasteiger partial charge in [-0.25, -0.2) is 4.79 Å². The Hall–Kier alpha value is -2.86. The second-order valence-electron chi connectivity index (χ2n) is 6.88. The van der Waals surface area contributed by atoms with Crippen LogP contribution in [0.1, 0.15) is 24.2 Å². The maximum absolute atomic E-state index is 13.2. The van der Waals surface area contributed by atoms with E-state index >= 15 is 0 Å². The number of hydrogen-bond donors (Lipinski definition) is 1. The van der Waals surface area contributed by atoms with E-state index in [0.717, 1.165) is 29.2 Å². The van der Waals surface area contributed by atoms with Gasteiger partial charge in [-0.1, -0.05) is 12.1 Å². The largest absolute Gasteiger partial charge is 0.494 e. The molecule has 0 aliphatic carbocycles. The van der Waals surface area contributed by atoms with Gasteiger partial charge in [0.2, 0.25) is 0 Å². The molecule has 0 saturated heterocycles. The van der Waals surface area contributed by atoms with Crippen molar-refractivity contribution in [3.8, 4) is 5.75 Å². The van der Waals surface area contributed by atoms with Crippen molar-refractivity contribution in [1.82, 2.24) is 9.47 Å². The first kappa shape index (κ1) is 19.5. The maximum Gasteiger partial charge on any atom is 0.322 e. The monoisotopic (exact) mass is 407 g/mol. The van der Waals surface area contributed by atoms with Crippen LogP contribution in [0.25, 0.3) is 0 Å². The van der Waals surface area contributed by atoms with Crippen LogP contribution in [0.15, 0.2) is 71.8 Å². The lowest BCUT2D eigenvalue weighted by Crippen LogP contribution is -2.44. The SMILES string of the molecule is CCOc1ccc([C@@H]2c3cccn3CCN2C(=O)Nc2ccc(SC)cc2)cc1. The molecule has 3 aromatic rings. The van der Waals surface area contributed by atoms with Gasteiger partial charge in [-0.15, -0.1) is 11.8 Å². The lowest BCUT2D eigenvalue weighted by Gasteiger charge is -2.37. The number of nitrogens with zero attached hydrogens (tertiary/aromatic N) is 2.